The van der Waals surface area contributed by atoms with Crippen LogP contribution >= 0.6 is 0 Å². The summed E-state index contributed by atoms with van der Waals surface area (Å²) in [5.41, 5.74) is -1.28. The highest BCUT2D eigenvalue weighted by Gasteiger charge is 2.29. The molecular formula is C17H11F3O3. The maximum absolute atomic E-state index is 12.4. The Labute approximate surface area is 129 Å². The highest BCUT2D eigenvalue weighted by molar-refractivity contribution is 6.08. The zero-order valence-electron chi connectivity index (χ0n) is 11.7. The van der Waals surface area contributed by atoms with Crippen LogP contribution in [-0.2, 0) is 6.18 Å². The molecule has 0 bridgehead atoms. The van der Waals surface area contributed by atoms with E-state index < -0.39 is 28.7 Å². The number of halogens is 3. The van der Waals surface area contributed by atoms with Gasteiger partial charge in [0.15, 0.2) is 11.5 Å². The van der Waals surface area contributed by atoms with Crippen molar-refractivity contribution in [2.75, 3.05) is 0 Å². The number of carbonyl (C=O) groups excluding carboxylic acids is 1. The summed E-state index contributed by atoms with van der Waals surface area (Å²) in [6.45, 7) is 0. The first-order valence-corrected chi connectivity index (χ1v) is 6.51. The number of allylic oxidation sites excluding steroid dienone is 1. The van der Waals surface area contributed by atoms with Crippen molar-refractivity contribution in [2.24, 2.45) is 0 Å². The summed E-state index contributed by atoms with van der Waals surface area (Å²) >= 11 is 0. The predicted molar refractivity (Wildman–Crippen MR) is 79.2 cm³/mol. The van der Waals surface area contributed by atoms with Gasteiger partial charge < -0.3 is 5.11 Å². The van der Waals surface area contributed by atoms with Gasteiger partial charge in [-0.05, 0) is 35.9 Å². The van der Waals surface area contributed by atoms with Crippen LogP contribution in [0.3, 0.4) is 0 Å². The molecule has 23 heavy (non-hydrogen) atoms. The molecule has 0 spiro atoms. The fourth-order valence-electron chi connectivity index (χ4n) is 1.83. The fourth-order valence-corrected chi connectivity index (χ4v) is 1.83. The lowest BCUT2D eigenvalue weighted by Crippen LogP contribution is -2.04. The van der Waals surface area contributed by atoms with Crippen LogP contribution in [0.2, 0.25) is 0 Å². The molecule has 0 atom stereocenters. The number of benzene rings is 1. The highest BCUT2D eigenvalue weighted by Crippen LogP contribution is 2.29. The number of hydrogen-bond acceptors (Lipinski definition) is 3. The van der Waals surface area contributed by atoms with Gasteiger partial charge in [-0.15, -0.1) is 0 Å². The highest BCUT2D eigenvalue weighted by atomic mass is 19.4. The third kappa shape index (κ3) is 4.06. The molecule has 0 aromatic heterocycles. The minimum absolute atomic E-state index is 0.178. The number of ketones is 1. The van der Waals surface area contributed by atoms with E-state index in [-0.39, 0.29) is 5.56 Å². The van der Waals surface area contributed by atoms with Crippen molar-refractivity contribution in [1.29, 1.82) is 0 Å². The van der Waals surface area contributed by atoms with Gasteiger partial charge in [0.1, 0.15) is 0 Å². The van der Waals surface area contributed by atoms with Gasteiger partial charge in [0.25, 0.3) is 0 Å². The van der Waals surface area contributed by atoms with Crippen molar-refractivity contribution in [2.45, 2.75) is 6.18 Å². The van der Waals surface area contributed by atoms with E-state index in [9.17, 15) is 27.9 Å². The second-order valence-electron chi connectivity index (χ2n) is 4.66. The molecule has 0 radical (unpaired) electrons. The van der Waals surface area contributed by atoms with Gasteiger partial charge in [-0.1, -0.05) is 30.3 Å². The van der Waals surface area contributed by atoms with Crippen molar-refractivity contribution in [3.63, 3.8) is 0 Å². The first-order valence-electron chi connectivity index (χ1n) is 6.51. The molecule has 0 saturated carbocycles. The number of alkyl halides is 3. The number of rotatable bonds is 3. The summed E-state index contributed by atoms with van der Waals surface area (Å²) in [4.78, 5) is 23.4. The number of aromatic hydroxyl groups is 1. The van der Waals surface area contributed by atoms with Crippen LogP contribution in [0.5, 0.6) is 5.75 Å². The van der Waals surface area contributed by atoms with Crippen molar-refractivity contribution in [3.05, 3.63) is 81.5 Å². The molecule has 2 aromatic rings. The summed E-state index contributed by atoms with van der Waals surface area (Å²) < 4.78 is 37.3. The Morgan fingerprint density at radius 3 is 2.22 bits per heavy atom. The molecule has 3 nitrogen and oxygen atoms in total. The van der Waals surface area contributed by atoms with Crippen LogP contribution < -0.4 is 5.43 Å². The van der Waals surface area contributed by atoms with Gasteiger partial charge in [0, 0.05) is 0 Å². The Kier molecular flexibility index (Phi) is 4.64. The average Bonchev–Trinajstić information content (AvgIpc) is 2.67. The van der Waals surface area contributed by atoms with E-state index in [1.165, 1.54) is 36.4 Å². The maximum Gasteiger partial charge on any atom is 0.416 e. The predicted octanol–water partition coefficient (Wildman–Crippen LogP) is 3.67. The SMILES string of the molecule is O=C(/C=C/c1ccc(C(F)(F)F)cc1)c1ccccc(=O)c1O. The Balaban J connectivity index is 2.24. The zero-order chi connectivity index (χ0) is 17.0. The summed E-state index contributed by atoms with van der Waals surface area (Å²) in [7, 11) is 0. The molecule has 0 fully saturated rings. The Hall–Kier alpha value is -2.89. The number of hydrogen-bond donors (Lipinski definition) is 1. The van der Waals surface area contributed by atoms with Gasteiger partial charge in [0.2, 0.25) is 5.43 Å². The third-order valence-corrected chi connectivity index (χ3v) is 3.04. The average molecular weight is 320 g/mol. The smallest absolute Gasteiger partial charge is 0.416 e. The lowest BCUT2D eigenvalue weighted by atomic mass is 10.1. The van der Waals surface area contributed by atoms with Gasteiger partial charge in [-0.2, -0.15) is 13.2 Å². The zero-order valence-corrected chi connectivity index (χ0v) is 11.7. The molecule has 0 unspecified atom stereocenters. The molecule has 0 amide bonds. The minimum Gasteiger partial charge on any atom is -0.504 e. The van der Waals surface area contributed by atoms with E-state index in [1.54, 1.807) is 0 Å². The van der Waals surface area contributed by atoms with E-state index in [0.717, 1.165) is 24.3 Å². The minimum atomic E-state index is -4.42. The Morgan fingerprint density at radius 2 is 1.61 bits per heavy atom. The summed E-state index contributed by atoms with van der Waals surface area (Å²) in [6, 6.07) is 9.47. The topological polar surface area (TPSA) is 54.4 Å². The molecule has 1 N–H and O–H groups in total. The van der Waals surface area contributed by atoms with Crippen LogP contribution in [0, 0.1) is 0 Å². The van der Waals surface area contributed by atoms with E-state index in [1.807, 2.05) is 0 Å². The molecule has 0 saturated heterocycles. The molecule has 0 heterocycles. The van der Waals surface area contributed by atoms with Crippen LogP contribution in [0.25, 0.3) is 6.08 Å². The molecule has 0 aliphatic heterocycles. The van der Waals surface area contributed by atoms with Crippen LogP contribution in [0.15, 0.2) is 59.4 Å². The number of carbonyl (C=O) groups is 1. The van der Waals surface area contributed by atoms with Crippen molar-refractivity contribution in [3.8, 4) is 5.75 Å². The lowest BCUT2D eigenvalue weighted by Gasteiger charge is -2.05. The summed E-state index contributed by atoms with van der Waals surface area (Å²) in [6.07, 6.45) is -2.04. The van der Waals surface area contributed by atoms with Crippen molar-refractivity contribution in [1.82, 2.24) is 0 Å². The van der Waals surface area contributed by atoms with Gasteiger partial charge in [-0.25, -0.2) is 0 Å². The fraction of sp³-hybridized carbons (Fsp3) is 0.0588. The molecule has 2 rings (SSSR count). The van der Waals surface area contributed by atoms with Crippen LogP contribution in [0.4, 0.5) is 13.2 Å². The quantitative estimate of drug-likeness (QED) is 0.693. The first kappa shape index (κ1) is 16.5. The van der Waals surface area contributed by atoms with Crippen molar-refractivity contribution >= 4 is 11.9 Å². The Bertz CT molecular complexity index is 806. The molecule has 2 aromatic carbocycles. The van der Waals surface area contributed by atoms with E-state index >= 15 is 0 Å². The molecular weight excluding hydrogens is 309 g/mol. The van der Waals surface area contributed by atoms with Crippen LogP contribution in [-0.4, -0.2) is 10.9 Å². The molecule has 0 aliphatic carbocycles. The van der Waals surface area contributed by atoms with Crippen molar-refractivity contribution < 1.29 is 23.1 Å². The summed E-state index contributed by atoms with van der Waals surface area (Å²) in [5.74, 6) is -1.30. The third-order valence-electron chi connectivity index (χ3n) is 3.04. The van der Waals surface area contributed by atoms with Gasteiger partial charge >= 0.3 is 6.18 Å². The normalized spacial score (nSPS) is 11.6. The first-order chi connectivity index (χ1) is 10.8. The van der Waals surface area contributed by atoms with E-state index in [2.05, 4.69) is 0 Å². The van der Waals surface area contributed by atoms with Gasteiger partial charge in [0.05, 0.1) is 11.1 Å². The maximum atomic E-state index is 12.4. The van der Waals surface area contributed by atoms with E-state index in [4.69, 9.17) is 0 Å². The molecule has 118 valence electrons. The standard InChI is InChI=1S/C17H11F3O3/c18-17(19,20)12-8-5-11(6-9-12)7-10-14(21)13-3-1-2-4-15(22)16(13)23/h1-10H,(H,22,23)/b10-7+. The Morgan fingerprint density at radius 1 is 1.00 bits per heavy atom. The lowest BCUT2D eigenvalue weighted by molar-refractivity contribution is -0.137. The monoisotopic (exact) mass is 320 g/mol. The largest absolute Gasteiger partial charge is 0.504 e. The van der Waals surface area contributed by atoms with Crippen LogP contribution in [0.1, 0.15) is 21.5 Å². The second-order valence-corrected chi connectivity index (χ2v) is 4.66. The van der Waals surface area contributed by atoms with Gasteiger partial charge in [-0.3, -0.25) is 9.59 Å². The molecule has 0 aliphatic rings. The molecule has 6 heteroatoms. The van der Waals surface area contributed by atoms with E-state index in [0.29, 0.717) is 5.56 Å². The summed E-state index contributed by atoms with van der Waals surface area (Å²) in [5, 5.41) is 9.66. The second kappa shape index (κ2) is 6.48.